The van der Waals surface area contributed by atoms with Crippen LogP contribution in [-0.4, -0.2) is 16.9 Å². The molecule has 0 aromatic rings. The van der Waals surface area contributed by atoms with Gasteiger partial charge in [0.15, 0.2) is 5.78 Å². The van der Waals surface area contributed by atoms with E-state index >= 15 is 0 Å². The molecule has 0 radical (unpaired) electrons. The summed E-state index contributed by atoms with van der Waals surface area (Å²) in [6.45, 7) is 1.40. The Morgan fingerprint density at radius 3 is 2.12 bits per heavy atom. The van der Waals surface area contributed by atoms with Gasteiger partial charge in [0, 0.05) is 0 Å². The van der Waals surface area contributed by atoms with Gasteiger partial charge in [-0.2, -0.15) is 0 Å². The van der Waals surface area contributed by atoms with Crippen LogP contribution in [0.3, 0.4) is 0 Å². The van der Waals surface area contributed by atoms with E-state index in [2.05, 4.69) is 15.9 Å². The highest BCUT2D eigenvalue weighted by Crippen LogP contribution is 1.88. The van der Waals surface area contributed by atoms with Crippen LogP contribution in [0.25, 0.3) is 0 Å². The lowest BCUT2D eigenvalue weighted by Crippen LogP contribution is -2.04. The molecule has 0 unspecified atom stereocenters. The predicted octanol–water partition coefficient (Wildman–Crippen LogP) is 0.929. The Bertz CT molecular complexity index is 109. The summed E-state index contributed by atoms with van der Waals surface area (Å²) >= 11 is 2.94. The van der Waals surface area contributed by atoms with E-state index in [4.69, 9.17) is 0 Å². The van der Waals surface area contributed by atoms with Crippen LogP contribution in [0.15, 0.2) is 0 Å². The second kappa shape index (κ2) is 3.78. The fraction of sp³-hybridized carbons (Fsp3) is 0.600. The number of carbonyl (C=O) groups is 2. The Morgan fingerprint density at radius 1 is 1.50 bits per heavy atom. The van der Waals surface area contributed by atoms with Gasteiger partial charge in [-0.15, -0.1) is 0 Å². The first-order valence-corrected chi connectivity index (χ1v) is 3.36. The van der Waals surface area contributed by atoms with Crippen molar-refractivity contribution in [2.45, 2.75) is 13.3 Å². The second-order valence-corrected chi connectivity index (χ2v) is 2.11. The van der Waals surface area contributed by atoms with Crippen molar-refractivity contribution in [3.63, 3.8) is 0 Å². The molecule has 0 aromatic heterocycles. The molecule has 2 nitrogen and oxygen atoms in total. The van der Waals surface area contributed by atoms with E-state index in [-0.39, 0.29) is 23.3 Å². The van der Waals surface area contributed by atoms with Crippen molar-refractivity contribution >= 4 is 27.5 Å². The first-order valence-electron chi connectivity index (χ1n) is 2.24. The van der Waals surface area contributed by atoms with Gasteiger partial charge in [0.05, 0.1) is 11.8 Å². The largest absolute Gasteiger partial charge is 0.300 e. The number of halogens is 1. The molecule has 0 heterocycles. The Labute approximate surface area is 56.4 Å². The topological polar surface area (TPSA) is 34.1 Å². The zero-order valence-electron chi connectivity index (χ0n) is 4.61. The van der Waals surface area contributed by atoms with Gasteiger partial charge < -0.3 is 0 Å². The molecule has 0 amide bonds. The molecule has 0 atom stereocenters. The Kier molecular flexibility index (Phi) is 3.69. The lowest BCUT2D eigenvalue weighted by molar-refractivity contribution is -0.124. The summed E-state index contributed by atoms with van der Waals surface area (Å²) < 4.78 is 0. The summed E-state index contributed by atoms with van der Waals surface area (Å²) in [5.74, 6) is -0.132. The minimum Gasteiger partial charge on any atom is -0.300 e. The van der Waals surface area contributed by atoms with Crippen LogP contribution in [0, 0.1) is 0 Å². The van der Waals surface area contributed by atoms with Crippen LogP contribution in [0.2, 0.25) is 0 Å². The fourth-order valence-electron chi connectivity index (χ4n) is 0.325. The van der Waals surface area contributed by atoms with Crippen molar-refractivity contribution < 1.29 is 9.59 Å². The van der Waals surface area contributed by atoms with Gasteiger partial charge >= 0.3 is 0 Å². The molecule has 0 rings (SSSR count). The summed E-state index contributed by atoms with van der Waals surface area (Å²) in [7, 11) is 0. The van der Waals surface area contributed by atoms with E-state index in [0.29, 0.717) is 0 Å². The van der Waals surface area contributed by atoms with Gasteiger partial charge in [0.25, 0.3) is 0 Å². The first kappa shape index (κ1) is 7.82. The fourth-order valence-corrected chi connectivity index (χ4v) is 0.523. The third-order valence-electron chi connectivity index (χ3n) is 0.595. The minimum absolute atomic E-state index is 0.0579. The van der Waals surface area contributed by atoms with Gasteiger partial charge in [-0.3, -0.25) is 9.59 Å². The van der Waals surface area contributed by atoms with E-state index in [0.717, 1.165) is 0 Å². The molecular weight excluding hydrogens is 172 g/mol. The molecule has 0 aliphatic heterocycles. The molecule has 0 aliphatic rings. The normalized spacial score (nSPS) is 8.75. The smallest absolute Gasteiger partial charge is 0.150 e. The number of carbonyl (C=O) groups excluding carboxylic acids is 2. The highest BCUT2D eigenvalue weighted by molar-refractivity contribution is 9.09. The lowest BCUT2D eigenvalue weighted by atomic mass is 10.2. The van der Waals surface area contributed by atoms with E-state index in [9.17, 15) is 9.59 Å². The summed E-state index contributed by atoms with van der Waals surface area (Å²) in [6.07, 6.45) is 0.0608. The van der Waals surface area contributed by atoms with Crippen molar-refractivity contribution in [1.29, 1.82) is 0 Å². The van der Waals surface area contributed by atoms with Gasteiger partial charge in [-0.25, -0.2) is 0 Å². The van der Waals surface area contributed by atoms with Crippen LogP contribution >= 0.6 is 15.9 Å². The Hall–Kier alpha value is -0.180. The maximum absolute atomic E-state index is 10.4. The van der Waals surface area contributed by atoms with Crippen LogP contribution < -0.4 is 0 Å². The number of alkyl halides is 1. The van der Waals surface area contributed by atoms with Crippen molar-refractivity contribution in [1.82, 2.24) is 0 Å². The quantitative estimate of drug-likeness (QED) is 0.477. The van der Waals surface area contributed by atoms with E-state index in [1.54, 1.807) is 0 Å². The average molecular weight is 179 g/mol. The van der Waals surface area contributed by atoms with Gasteiger partial charge in [0.1, 0.15) is 5.78 Å². The SMILES string of the molecule is CC(=O)CC(=O)CBr. The van der Waals surface area contributed by atoms with Crippen LogP contribution in [0.1, 0.15) is 13.3 Å². The van der Waals surface area contributed by atoms with E-state index in [1.165, 1.54) is 6.92 Å². The monoisotopic (exact) mass is 178 g/mol. The highest BCUT2D eigenvalue weighted by Gasteiger charge is 2.00. The molecular formula is C5H7BrO2. The number of Topliss-reactive ketones (excluding diaryl/α,β-unsaturated/α-hetero) is 2. The minimum atomic E-state index is -0.0746. The van der Waals surface area contributed by atoms with Crippen molar-refractivity contribution in [3.05, 3.63) is 0 Å². The van der Waals surface area contributed by atoms with Crippen molar-refractivity contribution in [2.75, 3.05) is 5.33 Å². The molecule has 8 heavy (non-hydrogen) atoms. The maximum Gasteiger partial charge on any atom is 0.150 e. The number of hydrogen-bond donors (Lipinski definition) is 0. The average Bonchev–Trinajstić information content (AvgIpc) is 1.65. The lowest BCUT2D eigenvalue weighted by Gasteiger charge is -1.86. The predicted molar refractivity (Wildman–Crippen MR) is 34.1 cm³/mol. The van der Waals surface area contributed by atoms with Crippen LogP contribution in [-0.2, 0) is 9.59 Å². The molecule has 0 spiro atoms. The Balaban J connectivity index is 3.40. The van der Waals surface area contributed by atoms with E-state index in [1.807, 2.05) is 0 Å². The standard InChI is InChI=1S/C5H7BrO2/c1-4(7)2-5(8)3-6/h2-3H2,1H3. The van der Waals surface area contributed by atoms with E-state index < -0.39 is 0 Å². The summed E-state index contributed by atoms with van der Waals surface area (Å²) in [5, 5.41) is 0.284. The molecule has 0 aliphatic carbocycles. The molecule has 0 saturated heterocycles. The number of rotatable bonds is 3. The molecule has 3 heteroatoms. The summed E-state index contributed by atoms with van der Waals surface area (Å²) in [4.78, 5) is 20.5. The highest BCUT2D eigenvalue weighted by atomic mass is 79.9. The Morgan fingerprint density at radius 2 is 2.00 bits per heavy atom. The molecule has 0 aromatic carbocycles. The van der Waals surface area contributed by atoms with Crippen molar-refractivity contribution in [3.8, 4) is 0 Å². The number of hydrogen-bond acceptors (Lipinski definition) is 2. The van der Waals surface area contributed by atoms with Gasteiger partial charge in [-0.1, -0.05) is 15.9 Å². The van der Waals surface area contributed by atoms with Crippen LogP contribution in [0.5, 0.6) is 0 Å². The zero-order valence-corrected chi connectivity index (χ0v) is 6.19. The maximum atomic E-state index is 10.4. The number of ketones is 2. The third kappa shape index (κ3) is 3.99. The molecule has 0 saturated carbocycles. The molecule has 46 valence electrons. The summed E-state index contributed by atoms with van der Waals surface area (Å²) in [5.41, 5.74) is 0. The zero-order chi connectivity index (χ0) is 6.57. The van der Waals surface area contributed by atoms with Crippen molar-refractivity contribution in [2.24, 2.45) is 0 Å². The first-order chi connectivity index (χ1) is 3.66. The molecule has 0 N–H and O–H groups in total. The summed E-state index contributed by atoms with van der Waals surface area (Å²) in [6, 6.07) is 0. The molecule has 0 bridgehead atoms. The second-order valence-electron chi connectivity index (χ2n) is 1.55. The third-order valence-corrected chi connectivity index (χ3v) is 1.22. The van der Waals surface area contributed by atoms with Gasteiger partial charge in [0.2, 0.25) is 0 Å². The molecule has 0 fully saturated rings. The van der Waals surface area contributed by atoms with Crippen LogP contribution in [0.4, 0.5) is 0 Å². The van der Waals surface area contributed by atoms with Gasteiger partial charge in [-0.05, 0) is 6.92 Å².